The van der Waals surface area contributed by atoms with Gasteiger partial charge in [0, 0.05) is 0 Å². The van der Waals surface area contributed by atoms with Crippen LogP contribution in [0.2, 0.25) is 0 Å². The molecule has 1 saturated carbocycles. The molecule has 2 heteroatoms. The SMILES string of the molecule is CCCCCCCCOc1ccc(-c2ccc(CC(C#N)CCC3CCC(CCCCCCC)CC3)cc2)cc1. The molecule has 0 saturated heterocycles. The second-order valence-electron chi connectivity index (χ2n) is 12.5. The summed E-state index contributed by atoms with van der Waals surface area (Å²) in [5.41, 5.74) is 3.72. The molecule has 0 radical (unpaired) electrons. The van der Waals surface area contributed by atoms with E-state index in [0.29, 0.717) is 0 Å². The minimum atomic E-state index is 0.130. The molecule has 2 aromatic rings. The van der Waals surface area contributed by atoms with Gasteiger partial charge in [0.05, 0.1) is 18.6 Å². The number of hydrogen-bond donors (Lipinski definition) is 0. The Balaban J connectivity index is 1.33. The van der Waals surface area contributed by atoms with E-state index in [9.17, 15) is 5.26 Å². The average Bonchev–Trinajstić information content (AvgIpc) is 3.00. The second kappa shape index (κ2) is 19.7. The summed E-state index contributed by atoms with van der Waals surface area (Å²) in [6.07, 6.45) is 24.9. The molecule has 0 bridgehead atoms. The van der Waals surface area contributed by atoms with Gasteiger partial charge in [-0.05, 0) is 66.3 Å². The van der Waals surface area contributed by atoms with Gasteiger partial charge >= 0.3 is 0 Å². The van der Waals surface area contributed by atoms with Crippen LogP contribution in [-0.4, -0.2) is 6.61 Å². The first-order valence-corrected chi connectivity index (χ1v) is 16.9. The highest BCUT2D eigenvalue weighted by atomic mass is 16.5. The van der Waals surface area contributed by atoms with E-state index in [1.807, 2.05) is 0 Å². The Labute approximate surface area is 246 Å². The van der Waals surface area contributed by atoms with Gasteiger partial charge in [-0.25, -0.2) is 0 Å². The van der Waals surface area contributed by atoms with Crippen LogP contribution in [0, 0.1) is 29.1 Å². The van der Waals surface area contributed by atoms with Crippen LogP contribution in [0.25, 0.3) is 11.1 Å². The largest absolute Gasteiger partial charge is 0.494 e. The summed E-state index contributed by atoms with van der Waals surface area (Å²) in [6.45, 7) is 5.36. The van der Waals surface area contributed by atoms with Crippen LogP contribution in [0.15, 0.2) is 48.5 Å². The Morgan fingerprint density at radius 2 is 1.20 bits per heavy atom. The van der Waals surface area contributed by atoms with E-state index in [0.717, 1.165) is 43.5 Å². The van der Waals surface area contributed by atoms with Crippen molar-refractivity contribution in [1.29, 1.82) is 5.26 Å². The van der Waals surface area contributed by atoms with Crippen LogP contribution in [0.3, 0.4) is 0 Å². The first-order valence-electron chi connectivity index (χ1n) is 16.9. The maximum Gasteiger partial charge on any atom is 0.119 e. The highest BCUT2D eigenvalue weighted by Gasteiger charge is 2.22. The Morgan fingerprint density at radius 3 is 1.80 bits per heavy atom. The third kappa shape index (κ3) is 12.5. The molecule has 0 amide bonds. The molecule has 3 rings (SSSR count). The first kappa shape index (κ1) is 32.2. The van der Waals surface area contributed by atoms with E-state index in [2.05, 4.69) is 68.4 Å². The lowest BCUT2D eigenvalue weighted by Crippen LogP contribution is -2.16. The predicted molar refractivity (Wildman–Crippen MR) is 172 cm³/mol. The van der Waals surface area contributed by atoms with Gasteiger partial charge in [-0.1, -0.05) is 147 Å². The molecule has 2 nitrogen and oxygen atoms in total. The fourth-order valence-corrected chi connectivity index (χ4v) is 6.43. The quantitative estimate of drug-likeness (QED) is 0.156. The van der Waals surface area contributed by atoms with Crippen LogP contribution in [0.4, 0.5) is 0 Å². The van der Waals surface area contributed by atoms with Crippen molar-refractivity contribution in [1.82, 2.24) is 0 Å². The van der Waals surface area contributed by atoms with Gasteiger partial charge in [0.1, 0.15) is 5.75 Å². The molecule has 0 aromatic heterocycles. The fourth-order valence-electron chi connectivity index (χ4n) is 6.43. The smallest absolute Gasteiger partial charge is 0.119 e. The van der Waals surface area contributed by atoms with Crippen molar-refractivity contribution >= 4 is 0 Å². The monoisotopic (exact) mass is 543 g/mol. The number of ether oxygens (including phenoxy) is 1. The van der Waals surface area contributed by atoms with Crippen molar-refractivity contribution < 1.29 is 4.74 Å². The molecule has 1 aliphatic rings. The van der Waals surface area contributed by atoms with Gasteiger partial charge < -0.3 is 4.74 Å². The topological polar surface area (TPSA) is 33.0 Å². The van der Waals surface area contributed by atoms with Crippen LogP contribution in [-0.2, 0) is 6.42 Å². The van der Waals surface area contributed by atoms with Crippen LogP contribution < -0.4 is 4.74 Å². The van der Waals surface area contributed by atoms with E-state index >= 15 is 0 Å². The van der Waals surface area contributed by atoms with Crippen molar-refractivity contribution in [2.24, 2.45) is 17.8 Å². The minimum absolute atomic E-state index is 0.130. The number of hydrogen-bond acceptors (Lipinski definition) is 2. The zero-order valence-electron chi connectivity index (χ0n) is 25.8. The predicted octanol–water partition coefficient (Wildman–Crippen LogP) is 11.7. The van der Waals surface area contributed by atoms with Gasteiger partial charge in [-0.15, -0.1) is 0 Å². The molecule has 1 unspecified atom stereocenters. The van der Waals surface area contributed by atoms with E-state index in [-0.39, 0.29) is 5.92 Å². The van der Waals surface area contributed by atoms with Gasteiger partial charge in [-0.3, -0.25) is 0 Å². The summed E-state index contributed by atoms with van der Waals surface area (Å²) in [7, 11) is 0. The molecule has 0 spiro atoms. The number of nitrogens with zero attached hydrogens (tertiary/aromatic N) is 1. The average molecular weight is 544 g/mol. The lowest BCUT2D eigenvalue weighted by Gasteiger charge is -2.29. The molecular formula is C38H57NO. The lowest BCUT2D eigenvalue weighted by molar-refractivity contribution is 0.241. The number of unbranched alkanes of at least 4 members (excludes halogenated alkanes) is 9. The third-order valence-electron chi connectivity index (χ3n) is 9.18. The number of nitriles is 1. The van der Waals surface area contributed by atoms with Crippen molar-refractivity contribution in [2.75, 3.05) is 6.61 Å². The van der Waals surface area contributed by atoms with Crippen molar-refractivity contribution in [3.8, 4) is 22.9 Å². The third-order valence-corrected chi connectivity index (χ3v) is 9.18. The first-order chi connectivity index (χ1) is 19.7. The molecule has 220 valence electrons. The maximum atomic E-state index is 9.84. The second-order valence-corrected chi connectivity index (χ2v) is 12.5. The molecule has 0 N–H and O–H groups in total. The highest BCUT2D eigenvalue weighted by molar-refractivity contribution is 5.64. The summed E-state index contributed by atoms with van der Waals surface area (Å²) in [6, 6.07) is 20.0. The zero-order chi connectivity index (χ0) is 28.3. The van der Waals surface area contributed by atoms with Crippen molar-refractivity contribution in [3.63, 3.8) is 0 Å². The van der Waals surface area contributed by atoms with E-state index < -0.39 is 0 Å². The number of benzene rings is 2. The molecule has 40 heavy (non-hydrogen) atoms. The van der Waals surface area contributed by atoms with E-state index in [1.165, 1.54) is 119 Å². The van der Waals surface area contributed by atoms with Crippen molar-refractivity contribution in [2.45, 2.75) is 136 Å². The van der Waals surface area contributed by atoms with Gasteiger partial charge in [0.15, 0.2) is 0 Å². The molecule has 0 aliphatic heterocycles. The minimum Gasteiger partial charge on any atom is -0.494 e. The van der Waals surface area contributed by atoms with E-state index in [4.69, 9.17) is 4.74 Å². The maximum absolute atomic E-state index is 9.84. The van der Waals surface area contributed by atoms with Crippen LogP contribution >= 0.6 is 0 Å². The molecule has 1 atom stereocenters. The highest BCUT2D eigenvalue weighted by Crippen LogP contribution is 2.35. The normalized spacial score (nSPS) is 17.8. The Morgan fingerprint density at radius 1 is 0.675 bits per heavy atom. The molecule has 2 aromatic carbocycles. The summed E-state index contributed by atoms with van der Waals surface area (Å²) in [5.74, 6) is 2.90. The summed E-state index contributed by atoms with van der Waals surface area (Å²) < 4.78 is 5.95. The Bertz CT molecular complexity index is 933. The molecular weight excluding hydrogens is 486 g/mol. The van der Waals surface area contributed by atoms with Crippen molar-refractivity contribution in [3.05, 3.63) is 54.1 Å². The fraction of sp³-hybridized carbons (Fsp3) is 0.658. The zero-order valence-corrected chi connectivity index (χ0v) is 25.8. The van der Waals surface area contributed by atoms with Gasteiger partial charge in [0.2, 0.25) is 0 Å². The Kier molecular flexibility index (Phi) is 15.9. The van der Waals surface area contributed by atoms with Gasteiger partial charge in [-0.2, -0.15) is 5.26 Å². The molecule has 1 fully saturated rings. The number of rotatable bonds is 20. The van der Waals surface area contributed by atoms with Crippen LogP contribution in [0.1, 0.15) is 135 Å². The lowest BCUT2D eigenvalue weighted by atomic mass is 9.77. The van der Waals surface area contributed by atoms with Crippen LogP contribution in [0.5, 0.6) is 5.75 Å². The van der Waals surface area contributed by atoms with E-state index in [1.54, 1.807) is 0 Å². The molecule has 0 heterocycles. The molecule has 1 aliphatic carbocycles. The standard InChI is InChI=1S/C38H57NO/c1-3-5-7-9-11-13-29-40-38-27-25-37(26-28-38)36-23-21-34(22-24-36)30-35(31-39)20-19-33-17-15-32(16-18-33)14-12-10-8-6-4-2/h21-28,32-33,35H,3-20,29-30H2,1-2H3. The van der Waals surface area contributed by atoms with Gasteiger partial charge in [0.25, 0.3) is 0 Å². The summed E-state index contributed by atoms with van der Waals surface area (Å²) in [4.78, 5) is 0. The summed E-state index contributed by atoms with van der Waals surface area (Å²) >= 11 is 0. The Hall–Kier alpha value is -2.27. The summed E-state index contributed by atoms with van der Waals surface area (Å²) in [5, 5.41) is 9.84.